The number of benzene rings is 3. The third-order valence-electron chi connectivity index (χ3n) is 5.72. The number of hydrogen-bond acceptors (Lipinski definition) is 6. The van der Waals surface area contributed by atoms with Gasteiger partial charge in [0.25, 0.3) is 0 Å². The molecule has 8 nitrogen and oxygen atoms in total. The number of hydrogen-bond donors (Lipinski definition) is 2. The van der Waals surface area contributed by atoms with E-state index in [0.717, 1.165) is 33.8 Å². The Labute approximate surface area is 196 Å². The van der Waals surface area contributed by atoms with E-state index in [1.54, 1.807) is 18.5 Å². The molecule has 5 aromatic rings. The number of aromatic nitrogens is 3. The van der Waals surface area contributed by atoms with Crippen molar-refractivity contribution in [3.8, 4) is 11.1 Å². The third kappa shape index (κ3) is 3.86. The van der Waals surface area contributed by atoms with Gasteiger partial charge >= 0.3 is 0 Å². The van der Waals surface area contributed by atoms with Crippen LogP contribution in [-0.4, -0.2) is 35.1 Å². The summed E-state index contributed by atoms with van der Waals surface area (Å²) in [5, 5.41) is 4.28. The number of nitrogens with one attached hydrogen (secondary N) is 1. The molecule has 0 unspecified atom stereocenters. The minimum Gasteiger partial charge on any atom is -0.366 e. The number of anilines is 2. The summed E-state index contributed by atoms with van der Waals surface area (Å²) in [6.45, 7) is 0. The van der Waals surface area contributed by atoms with E-state index in [9.17, 15) is 13.2 Å². The Morgan fingerprint density at radius 1 is 1.00 bits per heavy atom. The second kappa shape index (κ2) is 7.96. The molecule has 0 radical (unpaired) electrons. The molecule has 3 N–H and O–H groups in total. The average molecular weight is 472 g/mol. The molecule has 2 heterocycles. The lowest BCUT2D eigenvalue weighted by Crippen LogP contribution is -2.12. The first-order chi connectivity index (χ1) is 16.2. The van der Waals surface area contributed by atoms with Crippen molar-refractivity contribution in [3.63, 3.8) is 0 Å². The minimum absolute atomic E-state index is 0.0588. The van der Waals surface area contributed by atoms with Crippen molar-refractivity contribution < 1.29 is 13.2 Å². The molecule has 2 aromatic heterocycles. The molecule has 0 aliphatic rings. The van der Waals surface area contributed by atoms with Crippen molar-refractivity contribution in [3.05, 3.63) is 78.8 Å². The molecule has 0 atom stereocenters. The van der Waals surface area contributed by atoms with Gasteiger partial charge in [0.05, 0.1) is 21.6 Å². The van der Waals surface area contributed by atoms with E-state index in [2.05, 4.69) is 21.4 Å². The Kier molecular flexibility index (Phi) is 5.06. The fourth-order valence-corrected chi connectivity index (χ4v) is 4.88. The van der Waals surface area contributed by atoms with Crippen LogP contribution in [0.3, 0.4) is 0 Å². The summed E-state index contributed by atoms with van der Waals surface area (Å²) >= 11 is 0. The van der Waals surface area contributed by atoms with Gasteiger partial charge in [-0.05, 0) is 53.4 Å². The summed E-state index contributed by atoms with van der Waals surface area (Å²) in [5.74, 6) is -0.649. The van der Waals surface area contributed by atoms with Crippen LogP contribution in [-0.2, 0) is 16.9 Å². The average Bonchev–Trinajstić information content (AvgIpc) is 3.17. The van der Waals surface area contributed by atoms with Gasteiger partial charge in [0.15, 0.2) is 9.84 Å². The van der Waals surface area contributed by atoms with Gasteiger partial charge in [0.2, 0.25) is 5.91 Å². The molecule has 9 heteroatoms. The van der Waals surface area contributed by atoms with E-state index >= 15 is 0 Å². The number of carbonyl (C=O) groups is 1. The number of sulfone groups is 1. The highest BCUT2D eigenvalue weighted by Gasteiger charge is 2.17. The van der Waals surface area contributed by atoms with Gasteiger partial charge in [-0.1, -0.05) is 12.1 Å². The molecule has 0 saturated heterocycles. The summed E-state index contributed by atoms with van der Waals surface area (Å²) in [6.07, 6.45) is 6.36. The second-order valence-corrected chi connectivity index (χ2v) is 10.1. The molecule has 0 bridgehead atoms. The lowest BCUT2D eigenvalue weighted by molar-refractivity contribution is 0.1000. The maximum absolute atomic E-state index is 12.4. The number of nitrogens with two attached hydrogens (primary N) is 1. The largest absolute Gasteiger partial charge is 0.366 e. The van der Waals surface area contributed by atoms with E-state index in [1.165, 1.54) is 18.2 Å². The summed E-state index contributed by atoms with van der Waals surface area (Å²) in [4.78, 5) is 20.8. The van der Waals surface area contributed by atoms with Gasteiger partial charge < -0.3 is 15.6 Å². The summed E-state index contributed by atoms with van der Waals surface area (Å²) < 4.78 is 26.8. The smallest absolute Gasteiger partial charge is 0.248 e. The Morgan fingerprint density at radius 3 is 2.56 bits per heavy atom. The first kappa shape index (κ1) is 21.6. The zero-order valence-electron chi connectivity index (χ0n) is 18.5. The van der Waals surface area contributed by atoms with Crippen LogP contribution in [0.5, 0.6) is 0 Å². The highest BCUT2D eigenvalue weighted by Crippen LogP contribution is 2.34. The fourth-order valence-electron chi connectivity index (χ4n) is 4.06. The third-order valence-corrected chi connectivity index (χ3v) is 6.87. The first-order valence-electron chi connectivity index (χ1n) is 10.4. The van der Waals surface area contributed by atoms with E-state index in [1.807, 2.05) is 42.1 Å². The molecule has 0 aliphatic carbocycles. The lowest BCUT2D eigenvalue weighted by Gasteiger charge is -2.15. The van der Waals surface area contributed by atoms with Crippen molar-refractivity contribution in [2.45, 2.75) is 4.90 Å². The molecule has 34 heavy (non-hydrogen) atoms. The van der Waals surface area contributed by atoms with E-state index in [0.29, 0.717) is 11.2 Å². The Hall–Kier alpha value is -4.24. The predicted octanol–water partition coefficient (Wildman–Crippen LogP) is 4.03. The van der Waals surface area contributed by atoms with Crippen LogP contribution >= 0.6 is 0 Å². The Balaban J connectivity index is 1.70. The molecule has 0 spiro atoms. The summed E-state index contributed by atoms with van der Waals surface area (Å²) in [5.41, 5.74) is 10.7. The predicted molar refractivity (Wildman–Crippen MR) is 133 cm³/mol. The number of fused-ring (bicyclic) bond motifs is 2. The van der Waals surface area contributed by atoms with Crippen molar-refractivity contribution in [1.82, 2.24) is 14.5 Å². The van der Waals surface area contributed by atoms with Gasteiger partial charge in [0, 0.05) is 54.2 Å². The number of primary amides is 1. The fraction of sp³-hybridized carbons (Fsp3) is 0.0800. The van der Waals surface area contributed by atoms with E-state index in [-0.39, 0.29) is 16.1 Å². The SMILES string of the molecule is Cn1ccc2ccc(-c3cc(Nc4cc(C(N)=O)ccc4S(C)(=O)=O)cc4nccnc34)cc21. The molecule has 0 saturated carbocycles. The van der Waals surface area contributed by atoms with Crippen LogP contribution in [0.25, 0.3) is 33.1 Å². The van der Waals surface area contributed by atoms with Gasteiger partial charge in [-0.25, -0.2) is 8.42 Å². The molecule has 3 aromatic carbocycles. The molecule has 1 amide bonds. The van der Waals surface area contributed by atoms with Crippen molar-refractivity contribution in [1.29, 1.82) is 0 Å². The number of nitrogens with zero attached hydrogens (tertiary/aromatic N) is 3. The summed E-state index contributed by atoms with van der Waals surface area (Å²) in [6, 6.07) is 16.1. The second-order valence-electron chi connectivity index (χ2n) is 8.12. The van der Waals surface area contributed by atoms with Crippen molar-refractivity contribution >= 4 is 49.1 Å². The Morgan fingerprint density at radius 2 is 1.79 bits per heavy atom. The molecular weight excluding hydrogens is 450 g/mol. The maximum Gasteiger partial charge on any atom is 0.248 e. The lowest BCUT2D eigenvalue weighted by atomic mass is 10.0. The van der Waals surface area contributed by atoms with Crippen LogP contribution in [0.15, 0.2) is 78.1 Å². The molecule has 5 rings (SSSR count). The first-order valence-corrected chi connectivity index (χ1v) is 12.3. The van der Waals surface area contributed by atoms with Crippen LogP contribution < -0.4 is 11.1 Å². The molecule has 170 valence electrons. The van der Waals surface area contributed by atoms with Crippen LogP contribution in [0.2, 0.25) is 0 Å². The molecular formula is C25H21N5O3S. The highest BCUT2D eigenvalue weighted by molar-refractivity contribution is 7.90. The number of carbonyl (C=O) groups excluding carboxylic acids is 1. The normalized spacial score (nSPS) is 11.7. The number of rotatable bonds is 5. The van der Waals surface area contributed by atoms with Crippen molar-refractivity contribution in [2.75, 3.05) is 11.6 Å². The molecule has 0 fully saturated rings. The monoisotopic (exact) mass is 471 g/mol. The van der Waals surface area contributed by atoms with Gasteiger partial charge in [-0.3, -0.25) is 14.8 Å². The maximum atomic E-state index is 12.4. The highest BCUT2D eigenvalue weighted by atomic mass is 32.2. The van der Waals surface area contributed by atoms with Crippen LogP contribution in [0.1, 0.15) is 10.4 Å². The zero-order valence-corrected chi connectivity index (χ0v) is 19.3. The topological polar surface area (TPSA) is 120 Å². The van der Waals surface area contributed by atoms with Crippen LogP contribution in [0.4, 0.5) is 11.4 Å². The number of aryl methyl sites for hydroxylation is 1. The van der Waals surface area contributed by atoms with Gasteiger partial charge in [-0.15, -0.1) is 0 Å². The minimum atomic E-state index is -3.57. The summed E-state index contributed by atoms with van der Waals surface area (Å²) in [7, 11) is -1.58. The van der Waals surface area contributed by atoms with E-state index in [4.69, 9.17) is 5.73 Å². The number of amides is 1. The zero-order chi connectivity index (χ0) is 24.0. The van der Waals surface area contributed by atoms with E-state index < -0.39 is 15.7 Å². The van der Waals surface area contributed by atoms with Gasteiger partial charge in [0.1, 0.15) is 0 Å². The van der Waals surface area contributed by atoms with Gasteiger partial charge in [-0.2, -0.15) is 0 Å². The van der Waals surface area contributed by atoms with Crippen molar-refractivity contribution in [2.24, 2.45) is 12.8 Å². The standard InChI is InChI=1S/C25H21N5O3S/c1-30-10-7-15-3-4-16(12-22(15)30)19-13-18(14-21-24(19)28-9-8-27-21)29-20-11-17(25(26)31)5-6-23(20)34(2,32)33/h3-14,29H,1-2H3,(H2,26,31). The quantitative estimate of drug-likeness (QED) is 0.399. The van der Waals surface area contributed by atoms with Crippen LogP contribution in [0, 0.1) is 0 Å². The molecule has 0 aliphatic heterocycles. The Bertz CT molecular complexity index is 1710.